The molecule has 0 radical (unpaired) electrons. The summed E-state index contributed by atoms with van der Waals surface area (Å²) in [5.74, 6) is -1.12. The summed E-state index contributed by atoms with van der Waals surface area (Å²) < 4.78 is 20.2. The van der Waals surface area contributed by atoms with Gasteiger partial charge >= 0.3 is 5.97 Å². The Morgan fingerprint density at radius 3 is 2.31 bits per heavy atom. The zero-order valence-electron chi connectivity index (χ0n) is 19.4. The van der Waals surface area contributed by atoms with Crippen LogP contribution in [0.1, 0.15) is 55.2 Å². The molecule has 1 fully saturated rings. The first-order valence-electron chi connectivity index (χ1n) is 11.6. The van der Waals surface area contributed by atoms with E-state index >= 15 is 0 Å². The Morgan fingerprint density at radius 1 is 0.914 bits per heavy atom. The molecule has 3 aromatic carbocycles. The summed E-state index contributed by atoms with van der Waals surface area (Å²) in [5.41, 5.74) is 3.50. The van der Waals surface area contributed by atoms with Crippen molar-refractivity contribution in [3.63, 3.8) is 0 Å². The van der Waals surface area contributed by atoms with Crippen LogP contribution in [0, 0.1) is 5.82 Å². The molecule has 3 aromatic rings. The number of hydrogen-bond acceptors (Lipinski definition) is 5. The van der Waals surface area contributed by atoms with E-state index in [1.165, 1.54) is 13.0 Å². The van der Waals surface area contributed by atoms with E-state index in [1.807, 2.05) is 35.2 Å². The van der Waals surface area contributed by atoms with Crippen LogP contribution < -0.4 is 4.90 Å². The first-order valence-corrected chi connectivity index (χ1v) is 11.6. The van der Waals surface area contributed by atoms with Gasteiger partial charge in [-0.05, 0) is 54.4 Å². The molecular formula is C28H25FN2O4. The number of hydrogen-bond donors (Lipinski definition) is 0. The molecule has 5 rings (SSSR count). The predicted molar refractivity (Wildman–Crippen MR) is 129 cm³/mol. The Morgan fingerprint density at radius 2 is 1.63 bits per heavy atom. The van der Waals surface area contributed by atoms with E-state index in [1.54, 1.807) is 35.2 Å². The Hall–Kier alpha value is -4.00. The number of rotatable bonds is 4. The van der Waals surface area contributed by atoms with E-state index in [9.17, 15) is 18.8 Å². The molecule has 1 saturated heterocycles. The number of piperazine rings is 1. The van der Waals surface area contributed by atoms with Crippen LogP contribution in [-0.2, 0) is 11.2 Å². The zero-order chi connectivity index (χ0) is 24.5. The lowest BCUT2D eigenvalue weighted by Gasteiger charge is -2.36. The number of ketones is 1. The van der Waals surface area contributed by atoms with Gasteiger partial charge in [-0.3, -0.25) is 9.59 Å². The lowest BCUT2D eigenvalue weighted by atomic mass is 9.93. The Bertz CT molecular complexity index is 1300. The highest BCUT2D eigenvalue weighted by Gasteiger charge is 2.30. The molecule has 2 aliphatic rings. The smallest absolute Gasteiger partial charge is 0.339 e. The second-order valence-electron chi connectivity index (χ2n) is 8.88. The van der Waals surface area contributed by atoms with E-state index in [4.69, 9.17) is 4.74 Å². The van der Waals surface area contributed by atoms with Crippen molar-refractivity contribution in [2.75, 3.05) is 31.1 Å². The fraction of sp³-hybridized carbons (Fsp3) is 0.250. The number of benzene rings is 3. The molecule has 0 unspecified atom stereocenters. The lowest BCUT2D eigenvalue weighted by molar-refractivity contribution is 0.0252. The number of esters is 1. The number of ether oxygens (including phenoxy) is 1. The minimum absolute atomic E-state index is 0.116. The fourth-order valence-electron chi connectivity index (χ4n) is 4.70. The van der Waals surface area contributed by atoms with E-state index in [0.717, 1.165) is 11.1 Å². The van der Waals surface area contributed by atoms with Crippen molar-refractivity contribution < 1.29 is 23.5 Å². The maximum Gasteiger partial charge on any atom is 0.339 e. The molecule has 0 spiro atoms. The lowest BCUT2D eigenvalue weighted by Crippen LogP contribution is -2.49. The molecule has 2 heterocycles. The van der Waals surface area contributed by atoms with Gasteiger partial charge in [-0.2, -0.15) is 0 Å². The van der Waals surface area contributed by atoms with Crippen LogP contribution in [0.3, 0.4) is 0 Å². The van der Waals surface area contributed by atoms with E-state index in [2.05, 4.69) is 0 Å². The van der Waals surface area contributed by atoms with Gasteiger partial charge in [0, 0.05) is 43.7 Å². The van der Waals surface area contributed by atoms with Gasteiger partial charge in [0.25, 0.3) is 5.91 Å². The molecule has 2 aliphatic heterocycles. The third kappa shape index (κ3) is 4.54. The van der Waals surface area contributed by atoms with Gasteiger partial charge in [-0.15, -0.1) is 0 Å². The SMILES string of the molecule is CC(=O)c1ccc(N2CCN(C(=O)c3ccc4c(c3)C[C@@H](c3ccccc3)OC4=O)CC2)c(F)c1. The molecule has 178 valence electrons. The highest BCUT2D eigenvalue weighted by molar-refractivity contribution is 5.98. The number of carbonyl (C=O) groups is 3. The Balaban J connectivity index is 1.28. The number of amides is 1. The number of carbonyl (C=O) groups excluding carboxylic acids is 3. The highest BCUT2D eigenvalue weighted by Crippen LogP contribution is 2.31. The normalized spacial score (nSPS) is 17.5. The molecule has 0 aromatic heterocycles. The minimum Gasteiger partial charge on any atom is -0.454 e. The first kappa shape index (κ1) is 22.8. The number of nitrogens with zero attached hydrogens (tertiary/aromatic N) is 2. The monoisotopic (exact) mass is 472 g/mol. The van der Waals surface area contributed by atoms with Crippen molar-refractivity contribution >= 4 is 23.3 Å². The first-order chi connectivity index (χ1) is 16.9. The second kappa shape index (κ2) is 9.33. The summed E-state index contributed by atoms with van der Waals surface area (Å²) in [6.07, 6.45) is 0.129. The molecule has 7 heteroatoms. The highest BCUT2D eigenvalue weighted by atomic mass is 19.1. The molecule has 0 N–H and O–H groups in total. The Kier molecular flexibility index (Phi) is 6.07. The maximum atomic E-state index is 14.5. The zero-order valence-corrected chi connectivity index (χ0v) is 19.4. The molecule has 0 aliphatic carbocycles. The number of halogens is 1. The topological polar surface area (TPSA) is 66.9 Å². The van der Waals surface area contributed by atoms with Crippen LogP contribution in [0.15, 0.2) is 66.7 Å². The van der Waals surface area contributed by atoms with Gasteiger partial charge in [-0.25, -0.2) is 9.18 Å². The van der Waals surface area contributed by atoms with Gasteiger partial charge in [0.1, 0.15) is 11.9 Å². The van der Waals surface area contributed by atoms with Crippen molar-refractivity contribution in [3.05, 3.63) is 100 Å². The largest absolute Gasteiger partial charge is 0.454 e. The van der Waals surface area contributed by atoms with Crippen molar-refractivity contribution in [3.8, 4) is 0 Å². The van der Waals surface area contributed by atoms with Crippen molar-refractivity contribution in [2.45, 2.75) is 19.4 Å². The van der Waals surface area contributed by atoms with Crippen LogP contribution in [0.5, 0.6) is 0 Å². The van der Waals surface area contributed by atoms with Gasteiger partial charge < -0.3 is 14.5 Å². The quantitative estimate of drug-likeness (QED) is 0.415. The van der Waals surface area contributed by atoms with Gasteiger partial charge in [-0.1, -0.05) is 30.3 Å². The summed E-state index contributed by atoms with van der Waals surface area (Å²) in [6, 6.07) is 19.2. The summed E-state index contributed by atoms with van der Waals surface area (Å²) in [7, 11) is 0. The van der Waals surface area contributed by atoms with Crippen LogP contribution in [0.4, 0.5) is 10.1 Å². The molecular weight excluding hydrogens is 447 g/mol. The van der Waals surface area contributed by atoms with Crippen molar-refractivity contribution in [1.29, 1.82) is 0 Å². The molecule has 0 bridgehead atoms. The third-order valence-electron chi connectivity index (χ3n) is 6.66. The standard InChI is InChI=1S/C28H25FN2O4/c1-18(32)20-8-10-25(24(29)16-20)30-11-13-31(14-12-30)27(33)21-7-9-23-22(15-21)17-26(35-28(23)34)19-5-3-2-4-6-19/h2-10,15-16,26H,11-14,17H2,1H3/t26-/m0/s1. The predicted octanol–water partition coefficient (Wildman–Crippen LogP) is 4.44. The van der Waals surface area contributed by atoms with Crippen LogP contribution in [0.25, 0.3) is 0 Å². The number of Topliss-reactive ketones (excluding diaryl/α,β-unsaturated/α-hetero) is 1. The molecule has 1 atom stereocenters. The number of fused-ring (bicyclic) bond motifs is 1. The fourth-order valence-corrected chi connectivity index (χ4v) is 4.70. The molecule has 35 heavy (non-hydrogen) atoms. The van der Waals surface area contributed by atoms with Crippen LogP contribution >= 0.6 is 0 Å². The van der Waals surface area contributed by atoms with E-state index < -0.39 is 5.82 Å². The van der Waals surface area contributed by atoms with Crippen LogP contribution in [0.2, 0.25) is 0 Å². The third-order valence-corrected chi connectivity index (χ3v) is 6.66. The Labute approximate surface area is 202 Å². The molecule has 1 amide bonds. The summed E-state index contributed by atoms with van der Waals surface area (Å²) >= 11 is 0. The second-order valence-corrected chi connectivity index (χ2v) is 8.88. The van der Waals surface area contributed by atoms with E-state index in [-0.39, 0.29) is 23.8 Å². The molecule has 6 nitrogen and oxygen atoms in total. The summed E-state index contributed by atoms with van der Waals surface area (Å²) in [4.78, 5) is 40.9. The van der Waals surface area contributed by atoms with Crippen molar-refractivity contribution in [1.82, 2.24) is 4.90 Å². The maximum absolute atomic E-state index is 14.5. The van der Waals surface area contributed by atoms with Gasteiger partial charge in [0.2, 0.25) is 0 Å². The molecule has 0 saturated carbocycles. The summed E-state index contributed by atoms with van der Waals surface area (Å²) in [5, 5.41) is 0. The van der Waals surface area contributed by atoms with Crippen LogP contribution in [-0.4, -0.2) is 48.7 Å². The number of anilines is 1. The number of cyclic esters (lactones) is 1. The summed E-state index contributed by atoms with van der Waals surface area (Å²) in [6.45, 7) is 3.26. The van der Waals surface area contributed by atoms with Crippen molar-refractivity contribution in [2.24, 2.45) is 0 Å². The minimum atomic E-state index is -0.438. The average molecular weight is 473 g/mol. The van der Waals surface area contributed by atoms with Gasteiger partial charge in [0.15, 0.2) is 5.78 Å². The van der Waals surface area contributed by atoms with E-state index in [0.29, 0.717) is 55.0 Å². The average Bonchev–Trinajstić information content (AvgIpc) is 2.88. The van der Waals surface area contributed by atoms with Gasteiger partial charge in [0.05, 0.1) is 11.3 Å².